The number of alkyl halides is 1. The van der Waals surface area contributed by atoms with Crippen LogP contribution in [-0.4, -0.2) is 82.0 Å². The Balaban J connectivity index is 1.30. The molecule has 42 heavy (non-hydrogen) atoms. The number of aryl methyl sites for hydroxylation is 1. The summed E-state index contributed by atoms with van der Waals surface area (Å²) >= 11 is 6.67. The fourth-order valence-corrected chi connectivity index (χ4v) is 8.35. The topological polar surface area (TPSA) is 102 Å². The molecule has 0 amide bonds. The molecule has 5 aliphatic rings. The summed E-state index contributed by atoms with van der Waals surface area (Å²) in [6.07, 6.45) is 3.18. The highest BCUT2D eigenvalue weighted by Crippen LogP contribution is 2.46. The van der Waals surface area contributed by atoms with Gasteiger partial charge in [-0.25, -0.2) is 13.8 Å². The monoisotopic (exact) mass is 597 g/mol. The predicted molar refractivity (Wildman–Crippen MR) is 157 cm³/mol. The van der Waals surface area contributed by atoms with E-state index in [2.05, 4.69) is 20.1 Å². The van der Waals surface area contributed by atoms with Gasteiger partial charge in [0.2, 0.25) is 5.88 Å². The third kappa shape index (κ3) is 3.96. The summed E-state index contributed by atoms with van der Waals surface area (Å²) in [5.41, 5.74) is 7.34. The minimum Gasteiger partial charge on any atom is -0.472 e. The maximum absolute atomic E-state index is 16.7. The molecular weight excluding hydrogens is 564 g/mol. The molecule has 0 spiro atoms. The Hall–Kier alpha value is -3.02. The fourth-order valence-electron chi connectivity index (χ4n) is 8.15. The lowest BCUT2D eigenvalue weighted by Gasteiger charge is -2.42. The number of hydrogen-bond donors (Lipinski definition) is 2. The number of rotatable bonds is 4. The fraction of sp³-hybridized carbons (Fsp3) is 0.567. The number of halogens is 3. The van der Waals surface area contributed by atoms with Gasteiger partial charge in [-0.3, -0.25) is 4.90 Å². The summed E-state index contributed by atoms with van der Waals surface area (Å²) in [4.78, 5) is 18.7. The van der Waals surface area contributed by atoms with Crippen LogP contribution < -0.4 is 25.4 Å². The van der Waals surface area contributed by atoms with Crippen molar-refractivity contribution in [2.75, 3.05) is 36.9 Å². The molecule has 0 radical (unpaired) electrons. The maximum Gasteiger partial charge on any atom is 0.319 e. The molecule has 2 bridgehead atoms. The van der Waals surface area contributed by atoms with Gasteiger partial charge in [-0.15, -0.1) is 0 Å². The lowest BCUT2D eigenvalue weighted by atomic mass is 9.95. The number of nitrogens with one attached hydrogen (secondary N) is 1. The zero-order valence-electron chi connectivity index (χ0n) is 23.7. The number of nitrogen functional groups attached to an aromatic ring is 1. The van der Waals surface area contributed by atoms with Crippen molar-refractivity contribution in [2.45, 2.75) is 81.9 Å². The molecule has 1 aromatic carbocycles. The van der Waals surface area contributed by atoms with Gasteiger partial charge in [-0.05, 0) is 63.8 Å². The third-order valence-corrected chi connectivity index (χ3v) is 10.5. The normalized spacial score (nSPS) is 31.6. The average Bonchev–Trinajstić information content (AvgIpc) is 3.59. The molecule has 0 unspecified atom stereocenters. The molecule has 12 heteroatoms. The number of ether oxygens (including phenoxy) is 2. The van der Waals surface area contributed by atoms with Crippen LogP contribution in [0.5, 0.6) is 11.9 Å². The molecule has 8 rings (SSSR count). The molecule has 3 N–H and O–H groups in total. The minimum absolute atomic E-state index is 0.0110. The van der Waals surface area contributed by atoms with Crippen molar-refractivity contribution in [2.24, 2.45) is 0 Å². The number of fused-ring (bicyclic) bond motifs is 6. The van der Waals surface area contributed by atoms with Gasteiger partial charge in [0, 0.05) is 42.8 Å². The first-order chi connectivity index (χ1) is 20.2. The molecule has 4 fully saturated rings. The van der Waals surface area contributed by atoms with Gasteiger partial charge in [0.15, 0.2) is 5.82 Å². The van der Waals surface area contributed by atoms with Crippen molar-refractivity contribution in [3.63, 3.8) is 0 Å². The Bertz CT molecular complexity index is 1610. The van der Waals surface area contributed by atoms with E-state index in [9.17, 15) is 4.39 Å². The van der Waals surface area contributed by atoms with E-state index in [-0.39, 0.29) is 53.4 Å². The molecule has 0 saturated carbocycles. The van der Waals surface area contributed by atoms with Gasteiger partial charge in [-0.1, -0.05) is 11.6 Å². The van der Waals surface area contributed by atoms with Crippen molar-refractivity contribution < 1.29 is 18.3 Å². The largest absolute Gasteiger partial charge is 0.472 e. The summed E-state index contributed by atoms with van der Waals surface area (Å²) in [5, 5.41) is 4.49. The first-order valence-corrected chi connectivity index (χ1v) is 15.3. The van der Waals surface area contributed by atoms with E-state index in [0.717, 1.165) is 32.2 Å². The number of benzene rings is 1. The van der Waals surface area contributed by atoms with Gasteiger partial charge in [0.25, 0.3) is 0 Å². The summed E-state index contributed by atoms with van der Waals surface area (Å²) in [5.74, 6) is 0.168. The van der Waals surface area contributed by atoms with Crippen LogP contribution in [0.3, 0.4) is 0 Å². The highest BCUT2D eigenvalue weighted by molar-refractivity contribution is 6.34. The molecule has 6 atom stereocenters. The summed E-state index contributed by atoms with van der Waals surface area (Å²) in [7, 11) is 0. The smallest absolute Gasteiger partial charge is 0.319 e. The highest BCUT2D eigenvalue weighted by atomic mass is 35.5. The van der Waals surface area contributed by atoms with Crippen molar-refractivity contribution in [1.82, 2.24) is 25.2 Å². The van der Waals surface area contributed by atoms with Gasteiger partial charge in [-0.2, -0.15) is 9.97 Å². The van der Waals surface area contributed by atoms with Crippen LogP contribution in [0.4, 0.5) is 20.3 Å². The summed E-state index contributed by atoms with van der Waals surface area (Å²) in [6, 6.07) is 3.88. The zero-order chi connectivity index (χ0) is 28.9. The second kappa shape index (κ2) is 9.49. The van der Waals surface area contributed by atoms with E-state index in [4.69, 9.17) is 36.8 Å². The van der Waals surface area contributed by atoms with E-state index >= 15 is 4.39 Å². The van der Waals surface area contributed by atoms with E-state index in [1.165, 1.54) is 0 Å². The van der Waals surface area contributed by atoms with E-state index in [0.29, 0.717) is 58.6 Å². The van der Waals surface area contributed by atoms with Crippen molar-refractivity contribution in [1.29, 1.82) is 0 Å². The van der Waals surface area contributed by atoms with Crippen molar-refractivity contribution in [3.8, 4) is 23.1 Å². The summed E-state index contributed by atoms with van der Waals surface area (Å²) < 4.78 is 43.9. The van der Waals surface area contributed by atoms with Gasteiger partial charge >= 0.3 is 6.01 Å². The Morgan fingerprint density at radius 3 is 2.95 bits per heavy atom. The molecule has 0 aliphatic carbocycles. The van der Waals surface area contributed by atoms with E-state index in [1.807, 2.05) is 13.8 Å². The minimum atomic E-state index is -0.882. The second-order valence-corrected chi connectivity index (χ2v) is 13.1. The third-order valence-electron chi connectivity index (χ3n) is 9.99. The van der Waals surface area contributed by atoms with Gasteiger partial charge in [0.1, 0.15) is 41.3 Å². The first kappa shape index (κ1) is 26.6. The van der Waals surface area contributed by atoms with Crippen LogP contribution in [-0.2, 0) is 0 Å². The molecule has 9 nitrogen and oxygen atoms in total. The van der Waals surface area contributed by atoms with E-state index < -0.39 is 12.0 Å². The number of piperazine rings is 1. The molecule has 222 valence electrons. The first-order valence-electron chi connectivity index (χ1n) is 14.9. The van der Waals surface area contributed by atoms with Crippen LogP contribution in [0.15, 0.2) is 12.1 Å². The number of anilines is 2. The van der Waals surface area contributed by atoms with Crippen LogP contribution in [0.2, 0.25) is 5.02 Å². The molecular formula is C30H34ClF2N7O2. The SMILES string of the molecule is Cc1cc(N)cc(-c2nc3c4c(nc(OC[C@@]56CCCN5C[C@H](F)C6)nc4c2F)N2C[C@H]4CC[C@H](N4)[C@H]2[C@H](C)O3)c1Cl. The second-order valence-electron chi connectivity index (χ2n) is 12.7. The number of nitrogens with zero attached hydrogens (tertiary/aromatic N) is 5. The van der Waals surface area contributed by atoms with Crippen LogP contribution >= 0.6 is 11.6 Å². The lowest BCUT2D eigenvalue weighted by Crippen LogP contribution is -2.62. The Morgan fingerprint density at radius 2 is 2.10 bits per heavy atom. The lowest BCUT2D eigenvalue weighted by molar-refractivity contribution is 0.107. The molecule has 3 aromatic rings. The molecule has 5 aliphatic heterocycles. The number of nitrogens with two attached hydrogens (primary N) is 1. The number of aromatic nitrogens is 3. The Morgan fingerprint density at radius 1 is 1.24 bits per heavy atom. The quantitative estimate of drug-likeness (QED) is 0.423. The average molecular weight is 598 g/mol. The van der Waals surface area contributed by atoms with Gasteiger partial charge < -0.3 is 25.4 Å². The van der Waals surface area contributed by atoms with Crippen molar-refractivity contribution >= 4 is 34.0 Å². The summed E-state index contributed by atoms with van der Waals surface area (Å²) in [6.45, 7) is 6.04. The predicted octanol–water partition coefficient (Wildman–Crippen LogP) is 4.42. The zero-order valence-corrected chi connectivity index (χ0v) is 24.4. The Labute approximate surface area is 247 Å². The Kier molecular flexibility index (Phi) is 6.01. The molecule has 7 heterocycles. The highest BCUT2D eigenvalue weighted by Gasteiger charge is 2.50. The maximum atomic E-state index is 16.7. The molecule has 2 aromatic heterocycles. The van der Waals surface area contributed by atoms with Crippen LogP contribution in [0, 0.1) is 12.7 Å². The number of hydrogen-bond acceptors (Lipinski definition) is 9. The van der Waals surface area contributed by atoms with Crippen LogP contribution in [0.1, 0.15) is 44.6 Å². The van der Waals surface area contributed by atoms with Gasteiger partial charge in [0.05, 0.1) is 16.6 Å². The standard InChI is InChI=1S/C30H34ClF2N7O2/c1-14-8-17(34)9-19(22(14)31)24-23(33)25-21-27(38-29(37-25)41-13-30-6-3-7-39(30)11-16(32)10-30)40-12-18-4-5-20(35-18)26(40)15(2)42-28(21)36-24/h8-9,15-16,18,20,26,35H,3-7,10-13,34H2,1-2H3/t15-,16+,18+,20-,26+,30-/m0/s1. The van der Waals surface area contributed by atoms with Crippen LogP contribution in [0.25, 0.3) is 22.2 Å². The molecule has 4 saturated heterocycles. The van der Waals surface area contributed by atoms with Crippen molar-refractivity contribution in [3.05, 3.63) is 28.5 Å². The number of pyridine rings is 1. The van der Waals surface area contributed by atoms with E-state index in [1.54, 1.807) is 12.1 Å².